The van der Waals surface area contributed by atoms with Crippen LogP contribution in [0, 0.1) is 11.8 Å². The summed E-state index contributed by atoms with van der Waals surface area (Å²) in [6, 6.07) is 0.0397. The summed E-state index contributed by atoms with van der Waals surface area (Å²) in [5.74, 6) is -1.29. The summed E-state index contributed by atoms with van der Waals surface area (Å²) in [7, 11) is 1.63. The Kier molecular flexibility index (Phi) is 12.1. The average molecular weight is 425 g/mol. The van der Waals surface area contributed by atoms with Crippen LogP contribution in [0.5, 0.6) is 0 Å². The molecule has 28 heavy (non-hydrogen) atoms. The molecule has 0 aromatic carbocycles. The summed E-state index contributed by atoms with van der Waals surface area (Å²) in [6.07, 6.45) is 0.910. The van der Waals surface area contributed by atoms with Crippen molar-refractivity contribution in [1.29, 1.82) is 0 Å². The Hall–Kier alpha value is -0.990. The molecule has 0 fully saturated rings. The number of carbonyl (C=O) groups excluding carboxylic acids is 2. The number of carbonyl (C=O) groups is 2. The van der Waals surface area contributed by atoms with Gasteiger partial charge in [-0.2, -0.15) is 0 Å². The van der Waals surface area contributed by atoms with Crippen LogP contribution in [0.4, 0.5) is 0 Å². The van der Waals surface area contributed by atoms with Crippen molar-refractivity contribution in [3.63, 3.8) is 0 Å². The summed E-state index contributed by atoms with van der Waals surface area (Å²) in [5.41, 5.74) is 0. The van der Waals surface area contributed by atoms with Gasteiger partial charge in [-0.05, 0) is 26.7 Å². The van der Waals surface area contributed by atoms with Gasteiger partial charge in [0.25, 0.3) is 0 Å². The van der Waals surface area contributed by atoms with Gasteiger partial charge in [-0.3, -0.25) is 18.6 Å². The van der Waals surface area contributed by atoms with Crippen LogP contribution >= 0.6 is 7.82 Å². The predicted molar refractivity (Wildman–Crippen MR) is 106 cm³/mol. The third-order valence-electron chi connectivity index (χ3n) is 3.94. The van der Waals surface area contributed by atoms with E-state index in [4.69, 9.17) is 13.8 Å². The quantitative estimate of drug-likeness (QED) is 0.189. The molecule has 0 aromatic heterocycles. The highest BCUT2D eigenvalue weighted by atomic mass is 31.2. The van der Waals surface area contributed by atoms with Crippen molar-refractivity contribution in [2.75, 3.05) is 47.5 Å². The second-order valence-corrected chi connectivity index (χ2v) is 9.68. The monoisotopic (exact) mass is 425 g/mol. The summed E-state index contributed by atoms with van der Waals surface area (Å²) in [4.78, 5) is 33.8. The molecule has 3 atom stereocenters. The van der Waals surface area contributed by atoms with Crippen molar-refractivity contribution in [3.05, 3.63) is 0 Å². The number of phosphoric ester groups is 1. The van der Waals surface area contributed by atoms with E-state index in [0.717, 1.165) is 0 Å². The Morgan fingerprint density at radius 1 is 1.07 bits per heavy atom. The van der Waals surface area contributed by atoms with Crippen LogP contribution in [0.15, 0.2) is 0 Å². The molecule has 0 radical (unpaired) electrons. The van der Waals surface area contributed by atoms with E-state index in [9.17, 15) is 19.0 Å². The van der Waals surface area contributed by atoms with Crippen LogP contribution in [0.25, 0.3) is 0 Å². The molecular weight excluding hydrogens is 387 g/mol. The fraction of sp³-hybridized carbons (Fsp3) is 0.889. The summed E-state index contributed by atoms with van der Waals surface area (Å²) >= 11 is 0. The molecule has 1 amide bonds. The van der Waals surface area contributed by atoms with E-state index in [-0.39, 0.29) is 37.7 Å². The Bertz CT molecular complexity index is 535. The van der Waals surface area contributed by atoms with Crippen LogP contribution in [0.2, 0.25) is 0 Å². The van der Waals surface area contributed by atoms with Crippen molar-refractivity contribution < 1.29 is 37.3 Å². The molecule has 166 valence electrons. The fourth-order valence-corrected chi connectivity index (χ4v) is 2.96. The van der Waals surface area contributed by atoms with Crippen LogP contribution in [-0.2, 0) is 27.9 Å². The van der Waals surface area contributed by atoms with Gasteiger partial charge in [0.2, 0.25) is 5.91 Å². The van der Waals surface area contributed by atoms with E-state index in [1.165, 1.54) is 0 Å². The zero-order valence-electron chi connectivity index (χ0n) is 18.3. The second kappa shape index (κ2) is 12.5. The first kappa shape index (κ1) is 27.0. The van der Waals surface area contributed by atoms with Crippen LogP contribution in [0.1, 0.15) is 40.5 Å². The van der Waals surface area contributed by atoms with Gasteiger partial charge >= 0.3 is 13.8 Å². The largest absolute Gasteiger partial charge is 0.472 e. The van der Waals surface area contributed by atoms with E-state index in [0.29, 0.717) is 23.9 Å². The van der Waals surface area contributed by atoms with E-state index in [2.05, 4.69) is 5.32 Å². The number of amides is 1. The zero-order valence-corrected chi connectivity index (χ0v) is 19.2. The maximum atomic E-state index is 12.2. The number of hydrogen-bond acceptors (Lipinski definition) is 6. The number of quaternary nitrogens is 1. The van der Waals surface area contributed by atoms with Crippen LogP contribution < -0.4 is 5.32 Å². The molecule has 0 bridgehead atoms. The van der Waals surface area contributed by atoms with Crippen LogP contribution in [-0.4, -0.2) is 74.8 Å². The minimum atomic E-state index is -4.17. The van der Waals surface area contributed by atoms with Crippen molar-refractivity contribution >= 4 is 19.7 Å². The van der Waals surface area contributed by atoms with Gasteiger partial charge in [-0.25, -0.2) is 4.57 Å². The van der Waals surface area contributed by atoms with Gasteiger partial charge in [0.15, 0.2) is 0 Å². The zero-order chi connectivity index (χ0) is 22.0. The van der Waals surface area contributed by atoms with E-state index in [1.54, 1.807) is 6.92 Å². The molecule has 0 aromatic rings. The molecule has 0 saturated heterocycles. The van der Waals surface area contributed by atoms with Gasteiger partial charge in [-0.15, -0.1) is 0 Å². The lowest BCUT2D eigenvalue weighted by atomic mass is 9.93. The van der Waals surface area contributed by atoms with Crippen molar-refractivity contribution in [2.24, 2.45) is 11.8 Å². The number of ether oxygens (including phenoxy) is 1. The van der Waals surface area contributed by atoms with Crippen molar-refractivity contribution in [3.8, 4) is 0 Å². The molecule has 3 unspecified atom stereocenters. The first-order valence-corrected chi connectivity index (χ1v) is 11.2. The highest BCUT2D eigenvalue weighted by Gasteiger charge is 2.26. The van der Waals surface area contributed by atoms with E-state index < -0.39 is 19.7 Å². The first-order chi connectivity index (χ1) is 12.8. The molecule has 0 heterocycles. The Labute approximate surface area is 168 Å². The number of phosphoric acid groups is 1. The molecule has 0 rings (SSSR count). The second-order valence-electron chi connectivity index (χ2n) is 8.22. The van der Waals surface area contributed by atoms with E-state index in [1.807, 2.05) is 41.9 Å². The average Bonchev–Trinajstić information content (AvgIpc) is 2.53. The van der Waals surface area contributed by atoms with Gasteiger partial charge < -0.3 is 19.4 Å². The Morgan fingerprint density at radius 3 is 2.14 bits per heavy atom. The normalized spacial score (nSPS) is 16.3. The maximum Gasteiger partial charge on any atom is 0.472 e. The lowest BCUT2D eigenvalue weighted by Gasteiger charge is -2.24. The lowest BCUT2D eigenvalue weighted by Crippen LogP contribution is -2.37. The standard InChI is InChI=1S/C18H37N2O7P/c1-8-16(13-15(4)17(21)19-14(2)3)18(22)25-11-12-27-28(23,24)26-10-9-20(5,6)7/h14-16H,8-13H2,1-7H3,(H-,19,21,23,24)/p+1. The molecule has 0 spiro atoms. The summed E-state index contributed by atoms with van der Waals surface area (Å²) < 4.78 is 27.2. The highest BCUT2D eigenvalue weighted by molar-refractivity contribution is 7.47. The molecule has 0 aliphatic rings. The molecule has 0 saturated carbocycles. The van der Waals surface area contributed by atoms with Gasteiger partial charge in [-0.1, -0.05) is 13.8 Å². The molecule has 2 N–H and O–H groups in total. The maximum absolute atomic E-state index is 12.2. The number of esters is 1. The summed E-state index contributed by atoms with van der Waals surface area (Å²) in [6.45, 7) is 7.58. The minimum Gasteiger partial charge on any atom is -0.463 e. The van der Waals surface area contributed by atoms with Gasteiger partial charge in [0.1, 0.15) is 19.8 Å². The third kappa shape index (κ3) is 13.2. The predicted octanol–water partition coefficient (Wildman–Crippen LogP) is 1.95. The number of nitrogens with one attached hydrogen (secondary N) is 1. The smallest absolute Gasteiger partial charge is 0.463 e. The molecule has 9 nitrogen and oxygen atoms in total. The van der Waals surface area contributed by atoms with Crippen LogP contribution in [0.3, 0.4) is 0 Å². The van der Waals surface area contributed by atoms with Crippen molar-refractivity contribution in [2.45, 2.75) is 46.6 Å². The van der Waals surface area contributed by atoms with Gasteiger partial charge in [0, 0.05) is 12.0 Å². The fourth-order valence-electron chi connectivity index (χ4n) is 2.27. The molecular formula is C18H38N2O7P+. The first-order valence-electron chi connectivity index (χ1n) is 9.66. The molecule has 10 heteroatoms. The Morgan fingerprint density at radius 2 is 1.64 bits per heavy atom. The highest BCUT2D eigenvalue weighted by Crippen LogP contribution is 2.42. The minimum absolute atomic E-state index is 0.0397. The Balaban J connectivity index is 4.26. The SMILES string of the molecule is CCC(CC(C)C(=O)NC(C)C)C(=O)OCCOP(=O)(O)OCC[N+](C)(C)C. The number of hydrogen-bond donors (Lipinski definition) is 2. The number of rotatable bonds is 14. The topological polar surface area (TPSA) is 111 Å². The molecule has 0 aliphatic heterocycles. The summed E-state index contributed by atoms with van der Waals surface area (Å²) in [5, 5.41) is 2.82. The van der Waals surface area contributed by atoms with Gasteiger partial charge in [0.05, 0.1) is 33.7 Å². The van der Waals surface area contributed by atoms with Crippen molar-refractivity contribution in [1.82, 2.24) is 5.32 Å². The number of nitrogens with zero attached hydrogens (tertiary/aromatic N) is 1. The third-order valence-corrected chi connectivity index (χ3v) is 4.96. The van der Waals surface area contributed by atoms with E-state index >= 15 is 0 Å². The lowest BCUT2D eigenvalue weighted by molar-refractivity contribution is -0.870. The molecule has 0 aliphatic carbocycles. The number of likely N-dealkylation sites (N-methyl/N-ethyl adjacent to an activating group) is 1.